The van der Waals surface area contributed by atoms with Gasteiger partial charge in [-0.15, -0.1) is 0 Å². The predicted octanol–water partition coefficient (Wildman–Crippen LogP) is 2.05. The molecule has 0 aromatic carbocycles. The molecule has 1 aliphatic heterocycles. The third kappa shape index (κ3) is 4.10. The van der Waals surface area contributed by atoms with Gasteiger partial charge in [-0.1, -0.05) is 26.2 Å². The highest BCUT2D eigenvalue weighted by Gasteiger charge is 2.22. The minimum Gasteiger partial charge on any atom is -0.370 e. The Morgan fingerprint density at radius 3 is 2.37 bits per heavy atom. The summed E-state index contributed by atoms with van der Waals surface area (Å²) in [7, 11) is 0. The van der Waals surface area contributed by atoms with Crippen LogP contribution in [0.5, 0.6) is 0 Å². The lowest BCUT2D eigenvalue weighted by Crippen LogP contribution is -2.53. The quantitative estimate of drug-likeness (QED) is 0.628. The smallest absolute Gasteiger partial charge is 0.191 e. The molecule has 0 aromatic heterocycles. The van der Waals surface area contributed by atoms with Crippen LogP contribution in [-0.2, 0) is 0 Å². The van der Waals surface area contributed by atoms with E-state index in [1.165, 1.54) is 38.5 Å². The molecule has 1 saturated carbocycles. The minimum absolute atomic E-state index is 0.487. The molecule has 4 nitrogen and oxygen atoms in total. The fourth-order valence-electron chi connectivity index (χ4n) is 3.13. The summed E-state index contributed by atoms with van der Waals surface area (Å²) in [4.78, 5) is 9.58. The number of aliphatic imine (C=N–C) groups is 1. The highest BCUT2D eigenvalue weighted by molar-refractivity contribution is 5.78. The second-order valence-corrected chi connectivity index (χ2v) is 6.06. The van der Waals surface area contributed by atoms with Gasteiger partial charge < -0.3 is 10.6 Å². The fourth-order valence-corrected chi connectivity index (χ4v) is 3.13. The van der Waals surface area contributed by atoms with E-state index in [0.717, 1.165) is 32.1 Å². The van der Waals surface area contributed by atoms with E-state index in [4.69, 9.17) is 10.7 Å². The highest BCUT2D eigenvalue weighted by Crippen LogP contribution is 2.20. The lowest BCUT2D eigenvalue weighted by atomic mass is 9.96. The summed E-state index contributed by atoms with van der Waals surface area (Å²) in [5, 5.41) is 0. The van der Waals surface area contributed by atoms with E-state index in [1.807, 2.05) is 0 Å². The Kier molecular flexibility index (Phi) is 5.49. The first-order valence-corrected chi connectivity index (χ1v) is 8.03. The van der Waals surface area contributed by atoms with Crippen LogP contribution in [-0.4, -0.2) is 54.0 Å². The van der Waals surface area contributed by atoms with Crippen molar-refractivity contribution in [3.8, 4) is 0 Å². The van der Waals surface area contributed by atoms with Crippen molar-refractivity contribution in [2.75, 3.05) is 26.2 Å². The number of nitrogens with two attached hydrogens (primary N) is 1. The molecule has 4 heteroatoms. The molecule has 0 radical (unpaired) electrons. The first-order chi connectivity index (χ1) is 9.20. The van der Waals surface area contributed by atoms with E-state index in [2.05, 4.69) is 23.6 Å². The first-order valence-electron chi connectivity index (χ1n) is 8.03. The summed E-state index contributed by atoms with van der Waals surface area (Å²) >= 11 is 0. The van der Waals surface area contributed by atoms with Gasteiger partial charge in [-0.05, 0) is 26.2 Å². The summed E-state index contributed by atoms with van der Waals surface area (Å²) < 4.78 is 0. The molecule has 2 N–H and O–H groups in total. The standard InChI is InChI=1S/C15H30N4/c1-3-13(2)18-9-11-19(12-10-18)15(16)17-14-7-5-4-6-8-14/h13-14H,3-12H2,1-2H3,(H2,16,17). The molecule has 2 aliphatic rings. The molecule has 1 atom stereocenters. The van der Waals surface area contributed by atoms with Gasteiger partial charge in [0.05, 0.1) is 6.04 Å². The van der Waals surface area contributed by atoms with Crippen LogP contribution in [0.2, 0.25) is 0 Å². The van der Waals surface area contributed by atoms with Crippen LogP contribution in [0, 0.1) is 0 Å². The maximum Gasteiger partial charge on any atom is 0.191 e. The van der Waals surface area contributed by atoms with E-state index < -0.39 is 0 Å². The first kappa shape index (κ1) is 14.6. The molecule has 0 aromatic rings. The summed E-state index contributed by atoms with van der Waals surface area (Å²) in [6, 6.07) is 1.18. The van der Waals surface area contributed by atoms with Gasteiger partial charge in [-0.25, -0.2) is 4.99 Å². The lowest BCUT2D eigenvalue weighted by molar-refractivity contribution is 0.136. The zero-order chi connectivity index (χ0) is 13.7. The van der Waals surface area contributed by atoms with Crippen molar-refractivity contribution >= 4 is 5.96 Å². The molecular weight excluding hydrogens is 236 g/mol. The maximum absolute atomic E-state index is 6.19. The number of hydrogen-bond acceptors (Lipinski definition) is 2. The molecule has 19 heavy (non-hydrogen) atoms. The normalized spacial score (nSPS) is 25.6. The molecule has 1 aliphatic carbocycles. The zero-order valence-corrected chi connectivity index (χ0v) is 12.6. The summed E-state index contributed by atoms with van der Waals surface area (Å²) in [5.74, 6) is 0.788. The van der Waals surface area contributed by atoms with Crippen molar-refractivity contribution in [1.82, 2.24) is 9.80 Å². The molecule has 1 saturated heterocycles. The largest absolute Gasteiger partial charge is 0.370 e. The molecule has 0 amide bonds. The van der Waals surface area contributed by atoms with Crippen LogP contribution in [0.15, 0.2) is 4.99 Å². The van der Waals surface area contributed by atoms with Crippen LogP contribution in [0.1, 0.15) is 52.4 Å². The topological polar surface area (TPSA) is 44.9 Å². The fraction of sp³-hybridized carbons (Fsp3) is 0.933. The van der Waals surface area contributed by atoms with Crippen molar-refractivity contribution in [1.29, 1.82) is 0 Å². The van der Waals surface area contributed by atoms with Gasteiger partial charge in [0.1, 0.15) is 0 Å². The SMILES string of the molecule is CCC(C)N1CCN(C(N)=NC2CCCCC2)CC1. The van der Waals surface area contributed by atoms with E-state index in [9.17, 15) is 0 Å². The Morgan fingerprint density at radius 1 is 1.16 bits per heavy atom. The Labute approximate surface area is 118 Å². The highest BCUT2D eigenvalue weighted by atomic mass is 15.3. The zero-order valence-electron chi connectivity index (χ0n) is 12.6. The van der Waals surface area contributed by atoms with E-state index in [0.29, 0.717) is 12.1 Å². The molecule has 0 bridgehead atoms. The molecule has 0 spiro atoms. The van der Waals surface area contributed by atoms with Gasteiger partial charge >= 0.3 is 0 Å². The van der Waals surface area contributed by atoms with E-state index in [1.54, 1.807) is 0 Å². The van der Waals surface area contributed by atoms with Gasteiger partial charge in [-0.2, -0.15) is 0 Å². The predicted molar refractivity (Wildman–Crippen MR) is 81.4 cm³/mol. The van der Waals surface area contributed by atoms with Crippen molar-refractivity contribution in [3.05, 3.63) is 0 Å². The number of hydrogen-bond donors (Lipinski definition) is 1. The monoisotopic (exact) mass is 266 g/mol. The van der Waals surface area contributed by atoms with Crippen LogP contribution < -0.4 is 5.73 Å². The van der Waals surface area contributed by atoms with Gasteiger partial charge in [0, 0.05) is 32.2 Å². The second-order valence-electron chi connectivity index (χ2n) is 6.06. The lowest BCUT2D eigenvalue weighted by Gasteiger charge is -2.38. The van der Waals surface area contributed by atoms with Gasteiger partial charge in [0.25, 0.3) is 0 Å². The number of guanidine groups is 1. The minimum atomic E-state index is 0.487. The second kappa shape index (κ2) is 7.13. The molecule has 110 valence electrons. The summed E-state index contributed by atoms with van der Waals surface area (Å²) in [6.45, 7) is 8.88. The number of nitrogens with zero attached hydrogens (tertiary/aromatic N) is 3. The summed E-state index contributed by atoms with van der Waals surface area (Å²) in [5.41, 5.74) is 6.19. The van der Waals surface area contributed by atoms with Crippen LogP contribution >= 0.6 is 0 Å². The van der Waals surface area contributed by atoms with Crippen LogP contribution in [0.4, 0.5) is 0 Å². The molecule has 1 unspecified atom stereocenters. The maximum atomic E-state index is 6.19. The van der Waals surface area contributed by atoms with Crippen molar-refractivity contribution < 1.29 is 0 Å². The Bertz CT molecular complexity index is 289. The van der Waals surface area contributed by atoms with Crippen molar-refractivity contribution in [3.63, 3.8) is 0 Å². The van der Waals surface area contributed by atoms with Gasteiger partial charge in [-0.3, -0.25) is 4.90 Å². The van der Waals surface area contributed by atoms with E-state index >= 15 is 0 Å². The molecule has 2 fully saturated rings. The number of rotatable bonds is 3. The Hall–Kier alpha value is -0.770. The van der Waals surface area contributed by atoms with Crippen molar-refractivity contribution in [2.24, 2.45) is 10.7 Å². The average molecular weight is 266 g/mol. The third-order valence-corrected chi connectivity index (χ3v) is 4.74. The molecule has 1 heterocycles. The van der Waals surface area contributed by atoms with Crippen LogP contribution in [0.3, 0.4) is 0 Å². The van der Waals surface area contributed by atoms with E-state index in [-0.39, 0.29) is 0 Å². The molecule has 2 rings (SSSR count). The van der Waals surface area contributed by atoms with Crippen molar-refractivity contribution in [2.45, 2.75) is 64.5 Å². The third-order valence-electron chi connectivity index (χ3n) is 4.74. The Balaban J connectivity index is 1.81. The van der Waals surface area contributed by atoms with Gasteiger partial charge in [0.15, 0.2) is 5.96 Å². The van der Waals surface area contributed by atoms with Gasteiger partial charge in [0.2, 0.25) is 0 Å². The number of piperazine rings is 1. The Morgan fingerprint density at radius 2 is 1.79 bits per heavy atom. The molecular formula is C15H30N4. The summed E-state index contributed by atoms with van der Waals surface area (Å²) in [6.07, 6.45) is 7.71. The average Bonchev–Trinajstić information content (AvgIpc) is 2.47. The van der Waals surface area contributed by atoms with Crippen LogP contribution in [0.25, 0.3) is 0 Å².